The highest BCUT2D eigenvalue weighted by Gasteiger charge is 2.00. The van der Waals surface area contributed by atoms with Crippen molar-refractivity contribution in [2.24, 2.45) is 0 Å². The monoisotopic (exact) mass is 238 g/mol. The van der Waals surface area contributed by atoms with Crippen molar-refractivity contribution >= 4 is 0 Å². The fourth-order valence-electron chi connectivity index (χ4n) is 1.76. The zero-order valence-corrected chi connectivity index (χ0v) is 10.9. The maximum atomic E-state index is 12.7. The summed E-state index contributed by atoms with van der Waals surface area (Å²) in [7, 11) is 2.10. The van der Waals surface area contributed by atoms with Crippen LogP contribution >= 0.6 is 0 Å². The smallest absolute Gasteiger partial charge is 0.123 e. The van der Waals surface area contributed by atoms with Crippen LogP contribution in [-0.4, -0.2) is 31.6 Å². The van der Waals surface area contributed by atoms with Gasteiger partial charge in [-0.3, -0.25) is 0 Å². The van der Waals surface area contributed by atoms with E-state index in [1.54, 1.807) is 0 Å². The third-order valence-electron chi connectivity index (χ3n) is 2.69. The maximum Gasteiger partial charge on any atom is 0.123 e. The van der Waals surface area contributed by atoms with Crippen LogP contribution in [0.5, 0.6) is 0 Å². The number of nitrogens with one attached hydrogen (secondary N) is 1. The fraction of sp³-hybridized carbons (Fsp3) is 0.571. The van der Waals surface area contributed by atoms with Crippen molar-refractivity contribution in [3.05, 3.63) is 35.6 Å². The molecule has 1 rings (SSSR count). The third-order valence-corrected chi connectivity index (χ3v) is 2.69. The molecule has 0 aromatic heterocycles. The van der Waals surface area contributed by atoms with Gasteiger partial charge in [-0.1, -0.05) is 19.1 Å². The molecule has 0 unspecified atom stereocenters. The van der Waals surface area contributed by atoms with Gasteiger partial charge in [-0.05, 0) is 57.2 Å². The lowest BCUT2D eigenvalue weighted by Crippen LogP contribution is -2.24. The number of benzene rings is 1. The molecule has 2 nitrogen and oxygen atoms in total. The van der Waals surface area contributed by atoms with Crippen molar-refractivity contribution in [2.45, 2.75) is 26.3 Å². The normalized spacial score (nSPS) is 11.1. The molecule has 0 amide bonds. The Morgan fingerprint density at radius 3 is 2.53 bits per heavy atom. The first kappa shape index (κ1) is 14.1. The Kier molecular flexibility index (Phi) is 6.82. The van der Waals surface area contributed by atoms with E-state index in [1.807, 2.05) is 12.1 Å². The lowest BCUT2D eigenvalue weighted by molar-refractivity contribution is 0.319. The number of hydrogen-bond acceptors (Lipinski definition) is 2. The molecule has 0 aliphatic heterocycles. The number of rotatable bonds is 8. The van der Waals surface area contributed by atoms with Gasteiger partial charge in [0.1, 0.15) is 5.82 Å². The van der Waals surface area contributed by atoms with Crippen LogP contribution in [0.25, 0.3) is 0 Å². The zero-order valence-electron chi connectivity index (χ0n) is 10.9. The van der Waals surface area contributed by atoms with Crippen LogP contribution in [0.1, 0.15) is 25.3 Å². The molecule has 0 fully saturated rings. The van der Waals surface area contributed by atoms with Crippen molar-refractivity contribution in [1.29, 1.82) is 0 Å². The van der Waals surface area contributed by atoms with E-state index in [4.69, 9.17) is 0 Å². The molecule has 96 valence electrons. The molecular weight excluding hydrogens is 215 g/mol. The van der Waals surface area contributed by atoms with Crippen LogP contribution in [0.3, 0.4) is 0 Å². The van der Waals surface area contributed by atoms with Crippen molar-refractivity contribution < 1.29 is 4.39 Å². The molecule has 1 aromatic carbocycles. The Balaban J connectivity index is 2.16. The summed E-state index contributed by atoms with van der Waals surface area (Å²) in [6.45, 7) is 6.29. The van der Waals surface area contributed by atoms with Gasteiger partial charge >= 0.3 is 0 Å². The summed E-state index contributed by atoms with van der Waals surface area (Å²) in [6.07, 6.45) is 2.34. The Bertz CT molecular complexity index is 298. The minimum Gasteiger partial charge on any atom is -0.317 e. The largest absolute Gasteiger partial charge is 0.317 e. The fourth-order valence-corrected chi connectivity index (χ4v) is 1.76. The zero-order chi connectivity index (χ0) is 12.5. The number of nitrogens with zero attached hydrogens (tertiary/aromatic N) is 1. The summed E-state index contributed by atoms with van der Waals surface area (Å²) in [5, 5.41) is 3.39. The van der Waals surface area contributed by atoms with Crippen molar-refractivity contribution in [1.82, 2.24) is 10.2 Å². The first-order valence-corrected chi connectivity index (χ1v) is 6.36. The van der Waals surface area contributed by atoms with E-state index < -0.39 is 0 Å². The third kappa shape index (κ3) is 6.39. The van der Waals surface area contributed by atoms with Gasteiger partial charge in [0.2, 0.25) is 0 Å². The van der Waals surface area contributed by atoms with Crippen LogP contribution in [-0.2, 0) is 6.54 Å². The maximum absolute atomic E-state index is 12.7. The van der Waals surface area contributed by atoms with Gasteiger partial charge in [-0.15, -0.1) is 0 Å². The van der Waals surface area contributed by atoms with E-state index in [1.165, 1.54) is 18.6 Å². The average molecular weight is 238 g/mol. The molecule has 0 heterocycles. The standard InChI is InChI=1S/C14H23FN2/c1-3-9-16-10-4-11-17(2)12-13-5-7-14(15)8-6-13/h5-8,16H,3-4,9-12H2,1-2H3. The molecule has 0 aliphatic rings. The molecule has 0 radical (unpaired) electrons. The van der Waals surface area contributed by atoms with Gasteiger partial charge < -0.3 is 10.2 Å². The molecular formula is C14H23FN2. The van der Waals surface area contributed by atoms with E-state index >= 15 is 0 Å². The second-order valence-electron chi connectivity index (χ2n) is 4.47. The molecule has 1 aromatic rings. The van der Waals surface area contributed by atoms with E-state index in [9.17, 15) is 4.39 Å². The van der Waals surface area contributed by atoms with E-state index in [-0.39, 0.29) is 5.82 Å². The summed E-state index contributed by atoms with van der Waals surface area (Å²) in [4.78, 5) is 2.26. The summed E-state index contributed by atoms with van der Waals surface area (Å²) >= 11 is 0. The Hall–Kier alpha value is -0.930. The highest BCUT2D eigenvalue weighted by molar-refractivity contribution is 5.15. The number of halogens is 1. The highest BCUT2D eigenvalue weighted by Crippen LogP contribution is 2.05. The minimum absolute atomic E-state index is 0.167. The van der Waals surface area contributed by atoms with Crippen LogP contribution in [0.4, 0.5) is 4.39 Å². The summed E-state index contributed by atoms with van der Waals surface area (Å²) in [5.74, 6) is -0.167. The predicted molar refractivity (Wildman–Crippen MR) is 70.5 cm³/mol. The lowest BCUT2D eigenvalue weighted by atomic mass is 10.2. The molecule has 0 bridgehead atoms. The van der Waals surface area contributed by atoms with E-state index in [0.717, 1.165) is 38.2 Å². The molecule has 1 N–H and O–H groups in total. The predicted octanol–water partition coefficient (Wildman–Crippen LogP) is 2.65. The van der Waals surface area contributed by atoms with Crippen molar-refractivity contribution in [3.63, 3.8) is 0 Å². The second kappa shape index (κ2) is 8.20. The summed E-state index contributed by atoms with van der Waals surface area (Å²) in [6, 6.07) is 6.74. The molecule has 0 aliphatic carbocycles. The highest BCUT2D eigenvalue weighted by atomic mass is 19.1. The van der Waals surface area contributed by atoms with Crippen molar-refractivity contribution in [2.75, 3.05) is 26.7 Å². The van der Waals surface area contributed by atoms with Crippen LogP contribution in [0.2, 0.25) is 0 Å². The van der Waals surface area contributed by atoms with Crippen LogP contribution in [0, 0.1) is 5.82 Å². The summed E-state index contributed by atoms with van der Waals surface area (Å²) < 4.78 is 12.7. The van der Waals surface area contributed by atoms with E-state index in [2.05, 4.69) is 24.2 Å². The molecule has 17 heavy (non-hydrogen) atoms. The topological polar surface area (TPSA) is 15.3 Å². The quantitative estimate of drug-likeness (QED) is 0.700. The SMILES string of the molecule is CCCNCCCN(C)Cc1ccc(F)cc1. The lowest BCUT2D eigenvalue weighted by Gasteiger charge is -2.16. The minimum atomic E-state index is -0.167. The Morgan fingerprint density at radius 1 is 1.18 bits per heavy atom. The Labute approximate surface area is 104 Å². The van der Waals surface area contributed by atoms with Gasteiger partial charge in [-0.2, -0.15) is 0 Å². The second-order valence-corrected chi connectivity index (χ2v) is 4.47. The Morgan fingerprint density at radius 2 is 1.88 bits per heavy atom. The molecule has 0 saturated heterocycles. The van der Waals surface area contributed by atoms with E-state index in [0.29, 0.717) is 0 Å². The molecule has 0 saturated carbocycles. The van der Waals surface area contributed by atoms with Crippen molar-refractivity contribution in [3.8, 4) is 0 Å². The molecule has 0 atom stereocenters. The van der Waals surface area contributed by atoms with Gasteiger partial charge in [0, 0.05) is 6.54 Å². The van der Waals surface area contributed by atoms with Crippen LogP contribution < -0.4 is 5.32 Å². The summed E-state index contributed by atoms with van der Waals surface area (Å²) in [5.41, 5.74) is 1.16. The first-order valence-electron chi connectivity index (χ1n) is 6.36. The number of hydrogen-bond donors (Lipinski definition) is 1. The first-order chi connectivity index (χ1) is 8.22. The van der Waals surface area contributed by atoms with Gasteiger partial charge in [0.15, 0.2) is 0 Å². The molecule has 3 heteroatoms. The van der Waals surface area contributed by atoms with Crippen LogP contribution in [0.15, 0.2) is 24.3 Å². The average Bonchev–Trinajstić information content (AvgIpc) is 2.32. The van der Waals surface area contributed by atoms with Gasteiger partial charge in [-0.25, -0.2) is 4.39 Å². The van der Waals surface area contributed by atoms with Gasteiger partial charge in [0.05, 0.1) is 0 Å². The van der Waals surface area contributed by atoms with Gasteiger partial charge in [0.25, 0.3) is 0 Å². The molecule has 0 spiro atoms.